The lowest BCUT2D eigenvalue weighted by Gasteiger charge is -2.19. The van der Waals surface area contributed by atoms with E-state index in [0.29, 0.717) is 37.1 Å². The van der Waals surface area contributed by atoms with Crippen LogP contribution in [0, 0.1) is 11.8 Å². The summed E-state index contributed by atoms with van der Waals surface area (Å²) in [6.45, 7) is 7.05. The van der Waals surface area contributed by atoms with Gasteiger partial charge < -0.3 is 4.74 Å². The molecule has 1 aromatic carbocycles. The maximum Gasteiger partial charge on any atom is 0.137 e. The van der Waals surface area contributed by atoms with Crippen molar-refractivity contribution in [3.63, 3.8) is 0 Å². The van der Waals surface area contributed by atoms with E-state index in [1.165, 1.54) is 16.7 Å². The maximum absolute atomic E-state index is 12.5. The van der Waals surface area contributed by atoms with Crippen LogP contribution in [0.5, 0.6) is 5.75 Å². The van der Waals surface area contributed by atoms with E-state index in [1.54, 1.807) is 0 Å². The van der Waals surface area contributed by atoms with Gasteiger partial charge in [0.15, 0.2) is 0 Å². The summed E-state index contributed by atoms with van der Waals surface area (Å²) in [4.78, 5) is 12.5. The molecule has 2 atom stereocenters. The van der Waals surface area contributed by atoms with Gasteiger partial charge in [0, 0.05) is 18.8 Å². The van der Waals surface area contributed by atoms with Gasteiger partial charge in [-0.15, -0.1) is 0 Å². The van der Waals surface area contributed by atoms with Crippen LogP contribution < -0.4 is 4.74 Å². The summed E-state index contributed by atoms with van der Waals surface area (Å²) in [6, 6.07) is 7.89. The van der Waals surface area contributed by atoms with E-state index >= 15 is 0 Å². The van der Waals surface area contributed by atoms with E-state index < -0.39 is 0 Å². The van der Waals surface area contributed by atoms with Crippen LogP contribution in [0.1, 0.15) is 52.0 Å². The Balaban J connectivity index is 1.47. The van der Waals surface area contributed by atoms with Crippen molar-refractivity contribution < 1.29 is 9.53 Å². The number of Topliss-reactive ketones (excluding diaryl/α,β-unsaturated/α-hetero) is 1. The molecule has 0 heterocycles. The topological polar surface area (TPSA) is 26.3 Å². The van der Waals surface area contributed by atoms with Crippen LogP contribution in [0.15, 0.2) is 71.4 Å². The second kappa shape index (κ2) is 9.73. The molecule has 0 bridgehead atoms. The molecule has 0 saturated carbocycles. The highest BCUT2D eigenvalue weighted by Gasteiger charge is 2.23. The molecule has 2 unspecified atom stereocenters. The molecule has 0 fully saturated rings. The van der Waals surface area contributed by atoms with Gasteiger partial charge >= 0.3 is 0 Å². The molecular formula is C26H32O2. The van der Waals surface area contributed by atoms with Crippen molar-refractivity contribution >= 4 is 5.78 Å². The predicted molar refractivity (Wildman–Crippen MR) is 117 cm³/mol. The van der Waals surface area contributed by atoms with Crippen LogP contribution in [0.4, 0.5) is 0 Å². The minimum atomic E-state index is 0.311. The van der Waals surface area contributed by atoms with Gasteiger partial charge in [0.05, 0.1) is 6.61 Å². The molecule has 2 heteroatoms. The average Bonchev–Trinajstić information content (AvgIpc) is 3.27. The molecule has 0 radical (unpaired) electrons. The zero-order valence-corrected chi connectivity index (χ0v) is 17.4. The second-order valence-electron chi connectivity index (χ2n) is 7.87. The van der Waals surface area contributed by atoms with Crippen LogP contribution in [0.3, 0.4) is 0 Å². The summed E-state index contributed by atoms with van der Waals surface area (Å²) in [6.07, 6.45) is 15.7. The molecule has 0 N–H and O–H groups in total. The molecule has 0 saturated heterocycles. The van der Waals surface area contributed by atoms with E-state index in [9.17, 15) is 4.79 Å². The number of ether oxygens (including phenoxy) is 1. The zero-order chi connectivity index (χ0) is 19.9. The smallest absolute Gasteiger partial charge is 0.137 e. The fourth-order valence-corrected chi connectivity index (χ4v) is 4.27. The van der Waals surface area contributed by atoms with Gasteiger partial charge in [0.2, 0.25) is 0 Å². The summed E-state index contributed by atoms with van der Waals surface area (Å²) in [5, 5.41) is 0. The lowest BCUT2D eigenvalue weighted by atomic mass is 9.85. The summed E-state index contributed by atoms with van der Waals surface area (Å²) >= 11 is 0. The fourth-order valence-electron chi connectivity index (χ4n) is 4.27. The fraction of sp³-hybridized carbons (Fsp3) is 0.423. The Bertz CT molecular complexity index is 805. The normalized spacial score (nSPS) is 20.8. The summed E-state index contributed by atoms with van der Waals surface area (Å²) in [7, 11) is 0. The Morgan fingerprint density at radius 3 is 2.46 bits per heavy atom. The van der Waals surface area contributed by atoms with E-state index in [-0.39, 0.29) is 0 Å². The van der Waals surface area contributed by atoms with Crippen molar-refractivity contribution in [2.45, 2.75) is 52.9 Å². The molecule has 1 aromatic rings. The maximum atomic E-state index is 12.5. The van der Waals surface area contributed by atoms with Crippen molar-refractivity contribution in [2.75, 3.05) is 6.61 Å². The number of benzene rings is 1. The van der Waals surface area contributed by atoms with Gasteiger partial charge in [-0.2, -0.15) is 0 Å². The Morgan fingerprint density at radius 2 is 1.82 bits per heavy atom. The number of rotatable bonds is 10. The first-order valence-electron chi connectivity index (χ1n) is 10.6. The third-order valence-corrected chi connectivity index (χ3v) is 5.70. The van der Waals surface area contributed by atoms with Gasteiger partial charge in [-0.05, 0) is 56.7 Å². The predicted octanol–water partition coefficient (Wildman–Crippen LogP) is 6.39. The zero-order valence-electron chi connectivity index (χ0n) is 17.4. The molecule has 2 aliphatic carbocycles. The summed E-state index contributed by atoms with van der Waals surface area (Å²) < 4.78 is 5.46. The van der Waals surface area contributed by atoms with E-state index in [4.69, 9.17) is 4.74 Å². The van der Waals surface area contributed by atoms with Gasteiger partial charge in [-0.1, -0.05) is 66.2 Å². The highest BCUT2D eigenvalue weighted by Crippen LogP contribution is 2.37. The molecule has 2 nitrogen and oxygen atoms in total. The Hall–Kier alpha value is -2.35. The first kappa shape index (κ1) is 20.4. The molecule has 28 heavy (non-hydrogen) atoms. The van der Waals surface area contributed by atoms with Crippen LogP contribution in [-0.2, 0) is 11.2 Å². The van der Waals surface area contributed by atoms with Crippen molar-refractivity contribution in [1.82, 2.24) is 0 Å². The van der Waals surface area contributed by atoms with Crippen LogP contribution >= 0.6 is 0 Å². The highest BCUT2D eigenvalue weighted by atomic mass is 16.5. The Labute approximate surface area is 169 Å². The standard InChI is InChI=1S/C26H32O2/c1-4-26-22(10-11-23(26)17-21-7-6-19(3)16-21)12-13-24(27)18-20-8-14-25(15-9-20)28-5-2/h6-11,14-16,21,26H,4-5,12-13,17-18H2,1-3H3. The largest absolute Gasteiger partial charge is 0.494 e. The quantitative estimate of drug-likeness (QED) is 0.473. The number of carbonyl (C=O) groups is 1. The Kier molecular flexibility index (Phi) is 7.08. The SMILES string of the molecule is CCOc1ccc(CC(=O)CCC2=CC=C(CC3C=CC(C)=C3)C2CC)cc1. The number of hydrogen-bond donors (Lipinski definition) is 0. The van der Waals surface area contributed by atoms with Crippen molar-refractivity contribution in [1.29, 1.82) is 0 Å². The average molecular weight is 377 g/mol. The second-order valence-corrected chi connectivity index (χ2v) is 7.87. The molecule has 0 spiro atoms. The first-order chi connectivity index (χ1) is 13.6. The molecule has 148 valence electrons. The number of carbonyl (C=O) groups excluding carboxylic acids is 1. The molecule has 0 aromatic heterocycles. The minimum Gasteiger partial charge on any atom is -0.494 e. The third-order valence-electron chi connectivity index (χ3n) is 5.70. The van der Waals surface area contributed by atoms with Crippen LogP contribution in [0.25, 0.3) is 0 Å². The monoisotopic (exact) mass is 376 g/mol. The molecule has 3 rings (SSSR count). The van der Waals surface area contributed by atoms with Crippen molar-refractivity contribution in [3.05, 3.63) is 76.9 Å². The lowest BCUT2D eigenvalue weighted by molar-refractivity contribution is -0.118. The van der Waals surface area contributed by atoms with Crippen LogP contribution in [0.2, 0.25) is 0 Å². The van der Waals surface area contributed by atoms with Crippen LogP contribution in [-0.4, -0.2) is 12.4 Å². The van der Waals surface area contributed by atoms with Gasteiger partial charge in [0.25, 0.3) is 0 Å². The highest BCUT2D eigenvalue weighted by molar-refractivity contribution is 5.81. The van der Waals surface area contributed by atoms with Gasteiger partial charge in [0.1, 0.15) is 11.5 Å². The van der Waals surface area contributed by atoms with E-state index in [2.05, 4.69) is 44.2 Å². The Morgan fingerprint density at radius 1 is 1.07 bits per heavy atom. The summed E-state index contributed by atoms with van der Waals surface area (Å²) in [5.74, 6) is 2.22. The van der Waals surface area contributed by atoms with Gasteiger partial charge in [-0.3, -0.25) is 4.79 Å². The lowest BCUT2D eigenvalue weighted by Crippen LogP contribution is -2.09. The number of hydrogen-bond acceptors (Lipinski definition) is 2. The first-order valence-corrected chi connectivity index (χ1v) is 10.6. The molecule has 0 aliphatic heterocycles. The molecule has 0 amide bonds. The van der Waals surface area contributed by atoms with Crippen molar-refractivity contribution in [3.8, 4) is 5.75 Å². The number of allylic oxidation sites excluding steroid dienone is 8. The summed E-state index contributed by atoms with van der Waals surface area (Å²) in [5.41, 5.74) is 5.39. The number of ketones is 1. The molecular weight excluding hydrogens is 344 g/mol. The van der Waals surface area contributed by atoms with Gasteiger partial charge in [-0.25, -0.2) is 0 Å². The molecule has 2 aliphatic rings. The van der Waals surface area contributed by atoms with E-state index in [0.717, 1.165) is 30.6 Å². The van der Waals surface area contributed by atoms with E-state index in [1.807, 2.05) is 31.2 Å². The minimum absolute atomic E-state index is 0.311. The van der Waals surface area contributed by atoms with Crippen molar-refractivity contribution in [2.24, 2.45) is 11.8 Å². The third kappa shape index (κ3) is 5.34.